The van der Waals surface area contributed by atoms with Crippen molar-refractivity contribution in [2.24, 2.45) is 4.99 Å². The average molecular weight is 361 g/mol. The van der Waals surface area contributed by atoms with Gasteiger partial charge in [0.25, 0.3) is 0 Å². The van der Waals surface area contributed by atoms with Gasteiger partial charge in [-0.25, -0.2) is 9.98 Å². The maximum atomic E-state index is 5.49. The molecule has 2 saturated heterocycles. The van der Waals surface area contributed by atoms with Crippen LogP contribution in [0.1, 0.15) is 18.9 Å². The lowest BCUT2D eigenvalue weighted by Gasteiger charge is -2.32. The maximum Gasteiger partial charge on any atom is 0.194 e. The summed E-state index contributed by atoms with van der Waals surface area (Å²) in [6.45, 7) is 9.62. The Morgan fingerprint density at radius 3 is 2.88 bits per heavy atom. The second-order valence-corrected chi connectivity index (χ2v) is 7.12. The molecule has 0 aliphatic carbocycles. The fourth-order valence-electron chi connectivity index (χ4n) is 3.57. The molecule has 7 nitrogen and oxygen atoms in total. The number of nitrogens with one attached hydrogen (secondary N) is 1. The molecule has 0 aromatic carbocycles. The first-order valence-electron chi connectivity index (χ1n) is 9.64. The molecule has 2 aliphatic rings. The number of hydrogen-bond acceptors (Lipinski definition) is 5. The third-order valence-corrected chi connectivity index (χ3v) is 5.04. The van der Waals surface area contributed by atoms with Crippen LogP contribution in [0, 0.1) is 0 Å². The number of guanidine groups is 1. The smallest absolute Gasteiger partial charge is 0.194 e. The Balaban J connectivity index is 1.63. The third-order valence-electron chi connectivity index (χ3n) is 5.04. The molecule has 2 fully saturated rings. The van der Waals surface area contributed by atoms with E-state index in [2.05, 4.69) is 33.1 Å². The fourth-order valence-corrected chi connectivity index (χ4v) is 3.57. The molecule has 26 heavy (non-hydrogen) atoms. The number of rotatable bonds is 5. The summed E-state index contributed by atoms with van der Waals surface area (Å²) in [6, 6.07) is 4.76. The standard InChI is InChI=1S/C19H32N6O/c1-4-20-19(22-14-16-5-7-21-18(13-16)23(2)3)25-8-6-17(15-25)24-9-11-26-12-10-24/h5,7,13,17H,4,6,8-12,14-15H2,1-3H3,(H,20,22). The molecule has 0 spiro atoms. The number of morpholine rings is 1. The summed E-state index contributed by atoms with van der Waals surface area (Å²) in [5, 5.41) is 3.46. The number of anilines is 1. The summed E-state index contributed by atoms with van der Waals surface area (Å²) < 4.78 is 5.49. The van der Waals surface area contributed by atoms with Crippen molar-refractivity contribution in [2.75, 3.05) is 64.9 Å². The Morgan fingerprint density at radius 2 is 2.15 bits per heavy atom. The largest absolute Gasteiger partial charge is 0.379 e. The zero-order valence-electron chi connectivity index (χ0n) is 16.3. The van der Waals surface area contributed by atoms with Crippen LogP contribution in [-0.2, 0) is 11.3 Å². The SMILES string of the molecule is CCNC(=NCc1ccnc(N(C)C)c1)N1CCC(N2CCOCC2)C1. The number of hydrogen-bond donors (Lipinski definition) is 1. The molecular formula is C19H32N6O. The van der Waals surface area contributed by atoms with Crippen LogP contribution in [0.5, 0.6) is 0 Å². The third kappa shape index (κ3) is 4.86. The molecule has 0 radical (unpaired) electrons. The van der Waals surface area contributed by atoms with E-state index < -0.39 is 0 Å². The van der Waals surface area contributed by atoms with Gasteiger partial charge in [0.1, 0.15) is 5.82 Å². The number of aliphatic imine (C=N–C) groups is 1. The van der Waals surface area contributed by atoms with Crippen LogP contribution in [0.15, 0.2) is 23.3 Å². The van der Waals surface area contributed by atoms with Crippen LogP contribution < -0.4 is 10.2 Å². The Labute approximate surface area is 157 Å². The quantitative estimate of drug-likeness (QED) is 0.625. The topological polar surface area (TPSA) is 56.2 Å². The molecule has 7 heteroatoms. The van der Waals surface area contributed by atoms with E-state index in [1.54, 1.807) is 0 Å². The summed E-state index contributed by atoms with van der Waals surface area (Å²) in [7, 11) is 4.02. The van der Waals surface area contributed by atoms with Gasteiger partial charge in [-0.3, -0.25) is 4.90 Å². The van der Waals surface area contributed by atoms with Gasteiger partial charge in [0.15, 0.2) is 5.96 Å². The molecule has 0 amide bonds. The van der Waals surface area contributed by atoms with E-state index >= 15 is 0 Å². The van der Waals surface area contributed by atoms with Crippen molar-refractivity contribution >= 4 is 11.8 Å². The van der Waals surface area contributed by atoms with Crippen molar-refractivity contribution in [3.8, 4) is 0 Å². The van der Waals surface area contributed by atoms with Gasteiger partial charge < -0.3 is 19.9 Å². The molecule has 1 N–H and O–H groups in total. The van der Waals surface area contributed by atoms with Crippen molar-refractivity contribution in [2.45, 2.75) is 25.9 Å². The van der Waals surface area contributed by atoms with E-state index in [1.807, 2.05) is 31.3 Å². The Morgan fingerprint density at radius 1 is 1.35 bits per heavy atom. The van der Waals surface area contributed by atoms with E-state index in [-0.39, 0.29) is 0 Å². The van der Waals surface area contributed by atoms with Crippen LogP contribution in [-0.4, -0.2) is 86.8 Å². The Bertz CT molecular complexity index is 599. The van der Waals surface area contributed by atoms with Crippen molar-refractivity contribution in [3.63, 3.8) is 0 Å². The molecule has 3 heterocycles. The number of aromatic nitrogens is 1. The molecule has 0 bridgehead atoms. The Kier molecular flexibility index (Phi) is 6.68. The molecule has 1 aromatic heterocycles. The second kappa shape index (κ2) is 9.19. The zero-order chi connectivity index (χ0) is 18.4. The highest BCUT2D eigenvalue weighted by molar-refractivity contribution is 5.80. The summed E-state index contributed by atoms with van der Waals surface area (Å²) >= 11 is 0. The lowest BCUT2D eigenvalue weighted by Crippen LogP contribution is -2.46. The summed E-state index contributed by atoms with van der Waals surface area (Å²) in [6.07, 6.45) is 3.06. The first-order chi connectivity index (χ1) is 12.7. The first-order valence-corrected chi connectivity index (χ1v) is 9.64. The highest BCUT2D eigenvalue weighted by Crippen LogP contribution is 2.17. The molecule has 3 rings (SSSR count). The van der Waals surface area contributed by atoms with Crippen molar-refractivity contribution in [1.82, 2.24) is 20.1 Å². The average Bonchev–Trinajstić information content (AvgIpc) is 3.16. The summed E-state index contributed by atoms with van der Waals surface area (Å²) in [5.41, 5.74) is 1.18. The molecule has 144 valence electrons. The van der Waals surface area contributed by atoms with E-state index in [4.69, 9.17) is 9.73 Å². The highest BCUT2D eigenvalue weighted by atomic mass is 16.5. The second-order valence-electron chi connectivity index (χ2n) is 7.12. The number of likely N-dealkylation sites (tertiary alicyclic amines) is 1. The van der Waals surface area contributed by atoms with Crippen LogP contribution in [0.25, 0.3) is 0 Å². The number of nitrogens with zero attached hydrogens (tertiary/aromatic N) is 5. The minimum Gasteiger partial charge on any atom is -0.379 e. The molecular weight excluding hydrogens is 328 g/mol. The lowest BCUT2D eigenvalue weighted by molar-refractivity contribution is 0.0195. The fraction of sp³-hybridized carbons (Fsp3) is 0.684. The van der Waals surface area contributed by atoms with E-state index in [9.17, 15) is 0 Å². The molecule has 0 saturated carbocycles. The van der Waals surface area contributed by atoms with Crippen LogP contribution in [0.3, 0.4) is 0 Å². The lowest BCUT2D eigenvalue weighted by atomic mass is 10.2. The van der Waals surface area contributed by atoms with Gasteiger partial charge in [-0.15, -0.1) is 0 Å². The van der Waals surface area contributed by atoms with Crippen LogP contribution >= 0.6 is 0 Å². The molecule has 1 aromatic rings. The van der Waals surface area contributed by atoms with E-state index in [0.717, 1.165) is 57.7 Å². The van der Waals surface area contributed by atoms with Crippen molar-refractivity contribution in [3.05, 3.63) is 23.9 Å². The molecule has 1 atom stereocenters. The zero-order valence-corrected chi connectivity index (χ0v) is 16.3. The van der Waals surface area contributed by atoms with Crippen LogP contribution in [0.4, 0.5) is 5.82 Å². The summed E-state index contributed by atoms with van der Waals surface area (Å²) in [5.74, 6) is 1.99. The van der Waals surface area contributed by atoms with Gasteiger partial charge in [-0.2, -0.15) is 0 Å². The minimum atomic E-state index is 0.615. The summed E-state index contributed by atoms with van der Waals surface area (Å²) in [4.78, 5) is 16.3. The number of ether oxygens (including phenoxy) is 1. The predicted molar refractivity (Wildman–Crippen MR) is 106 cm³/mol. The van der Waals surface area contributed by atoms with Crippen molar-refractivity contribution < 1.29 is 4.74 Å². The van der Waals surface area contributed by atoms with E-state index in [0.29, 0.717) is 12.6 Å². The maximum absolute atomic E-state index is 5.49. The monoisotopic (exact) mass is 360 g/mol. The van der Waals surface area contributed by atoms with Crippen molar-refractivity contribution in [1.29, 1.82) is 0 Å². The Hall–Kier alpha value is -1.86. The number of pyridine rings is 1. The van der Waals surface area contributed by atoms with Gasteiger partial charge in [0.05, 0.1) is 19.8 Å². The van der Waals surface area contributed by atoms with Crippen LogP contribution in [0.2, 0.25) is 0 Å². The van der Waals surface area contributed by atoms with Gasteiger partial charge in [-0.1, -0.05) is 0 Å². The van der Waals surface area contributed by atoms with E-state index in [1.165, 1.54) is 12.0 Å². The first kappa shape index (κ1) is 18.9. The van der Waals surface area contributed by atoms with Gasteiger partial charge in [-0.05, 0) is 31.0 Å². The van der Waals surface area contributed by atoms with Gasteiger partial charge >= 0.3 is 0 Å². The predicted octanol–water partition coefficient (Wildman–Crippen LogP) is 1.02. The van der Waals surface area contributed by atoms with Gasteiger partial charge in [0.2, 0.25) is 0 Å². The van der Waals surface area contributed by atoms with Gasteiger partial charge in [0, 0.05) is 59.1 Å². The molecule has 2 aliphatic heterocycles. The molecule has 1 unspecified atom stereocenters. The minimum absolute atomic E-state index is 0.615. The highest BCUT2D eigenvalue weighted by Gasteiger charge is 2.30. The normalized spacial score (nSPS) is 21.9.